The third kappa shape index (κ3) is 1.92. The molecule has 18 heavy (non-hydrogen) atoms. The first-order chi connectivity index (χ1) is 8.78. The summed E-state index contributed by atoms with van der Waals surface area (Å²) in [6.07, 6.45) is 0. The summed E-state index contributed by atoms with van der Waals surface area (Å²) >= 11 is 5.93. The molecule has 3 aromatic rings. The molecule has 1 heterocycles. The Morgan fingerprint density at radius 3 is 2.78 bits per heavy atom. The van der Waals surface area contributed by atoms with Gasteiger partial charge in [0.05, 0.1) is 6.61 Å². The summed E-state index contributed by atoms with van der Waals surface area (Å²) in [7, 11) is 0. The van der Waals surface area contributed by atoms with Crippen LogP contribution in [0, 0.1) is 0 Å². The molecule has 0 aliphatic carbocycles. The van der Waals surface area contributed by atoms with E-state index in [-0.39, 0.29) is 13.2 Å². The lowest BCUT2D eigenvalue weighted by Gasteiger charge is -2.03. The number of hydrogen-bond acceptors (Lipinski definition) is 3. The maximum atomic E-state index is 8.74. The van der Waals surface area contributed by atoms with Gasteiger partial charge in [-0.25, -0.2) is 0 Å². The molecule has 0 amide bonds. The molecular weight excluding hydrogens is 252 g/mol. The molecule has 0 atom stereocenters. The van der Waals surface area contributed by atoms with Crippen LogP contribution in [0.4, 0.5) is 0 Å². The highest BCUT2D eigenvalue weighted by atomic mass is 35.5. The van der Waals surface area contributed by atoms with Crippen molar-refractivity contribution in [2.45, 2.75) is 0 Å². The molecule has 2 aromatic carbocycles. The lowest BCUT2D eigenvalue weighted by Crippen LogP contribution is -2.01. The Kier molecular flexibility index (Phi) is 2.86. The molecule has 0 aliphatic heterocycles. The first-order valence-electron chi connectivity index (χ1n) is 5.63. The maximum absolute atomic E-state index is 8.74. The van der Waals surface area contributed by atoms with Crippen LogP contribution in [0.15, 0.2) is 40.8 Å². The van der Waals surface area contributed by atoms with E-state index in [1.165, 1.54) is 0 Å². The van der Waals surface area contributed by atoms with Crippen molar-refractivity contribution in [3.8, 4) is 5.75 Å². The number of benzene rings is 2. The molecule has 0 saturated carbocycles. The Bertz CT molecular complexity index is 703. The number of fused-ring (bicyclic) bond motifs is 3. The average molecular weight is 263 g/mol. The monoisotopic (exact) mass is 262 g/mol. The van der Waals surface area contributed by atoms with Crippen LogP contribution in [0.25, 0.3) is 21.9 Å². The van der Waals surface area contributed by atoms with Gasteiger partial charge in [-0.05, 0) is 30.3 Å². The minimum absolute atomic E-state index is 0.000219. The van der Waals surface area contributed by atoms with Crippen molar-refractivity contribution in [3.63, 3.8) is 0 Å². The predicted octanol–water partition coefficient (Wildman–Crippen LogP) is 3.61. The Labute approximate surface area is 109 Å². The van der Waals surface area contributed by atoms with Crippen molar-refractivity contribution in [2.24, 2.45) is 0 Å². The SMILES string of the molecule is OCCOc1ccc2oc3cc(Cl)ccc3c2c1. The van der Waals surface area contributed by atoms with Gasteiger partial charge in [0.25, 0.3) is 0 Å². The summed E-state index contributed by atoms with van der Waals surface area (Å²) in [4.78, 5) is 0. The quantitative estimate of drug-likeness (QED) is 0.784. The van der Waals surface area contributed by atoms with Gasteiger partial charge >= 0.3 is 0 Å². The van der Waals surface area contributed by atoms with Crippen LogP contribution in [0.1, 0.15) is 0 Å². The number of aliphatic hydroxyl groups is 1. The van der Waals surface area contributed by atoms with Crippen LogP contribution >= 0.6 is 11.6 Å². The van der Waals surface area contributed by atoms with Gasteiger partial charge in [0.2, 0.25) is 0 Å². The number of rotatable bonds is 3. The summed E-state index contributed by atoms with van der Waals surface area (Å²) in [5.41, 5.74) is 1.56. The van der Waals surface area contributed by atoms with Gasteiger partial charge in [-0.15, -0.1) is 0 Å². The first kappa shape index (κ1) is 11.4. The minimum atomic E-state index is -0.000219. The summed E-state index contributed by atoms with van der Waals surface area (Å²) in [6, 6.07) is 11.1. The van der Waals surface area contributed by atoms with E-state index in [2.05, 4.69) is 0 Å². The Hall–Kier alpha value is -1.71. The summed E-state index contributed by atoms with van der Waals surface area (Å²) in [5.74, 6) is 0.717. The van der Waals surface area contributed by atoms with Crippen LogP contribution in [0.2, 0.25) is 5.02 Å². The second kappa shape index (κ2) is 4.52. The third-order valence-electron chi connectivity index (χ3n) is 2.76. The smallest absolute Gasteiger partial charge is 0.136 e. The predicted molar refractivity (Wildman–Crippen MR) is 71.3 cm³/mol. The molecule has 1 aromatic heterocycles. The fraction of sp³-hybridized carbons (Fsp3) is 0.143. The molecule has 0 bridgehead atoms. The third-order valence-corrected chi connectivity index (χ3v) is 3.00. The highest BCUT2D eigenvalue weighted by Gasteiger charge is 2.08. The van der Waals surface area contributed by atoms with Crippen LogP contribution in [0.3, 0.4) is 0 Å². The summed E-state index contributed by atoms with van der Waals surface area (Å²) in [5, 5.41) is 11.4. The maximum Gasteiger partial charge on any atom is 0.136 e. The van der Waals surface area contributed by atoms with Crippen molar-refractivity contribution in [1.82, 2.24) is 0 Å². The summed E-state index contributed by atoms with van der Waals surface area (Å²) in [6.45, 7) is 0.285. The van der Waals surface area contributed by atoms with Crippen molar-refractivity contribution in [2.75, 3.05) is 13.2 Å². The molecule has 0 aliphatic rings. The number of halogens is 1. The van der Waals surface area contributed by atoms with Gasteiger partial charge in [0.1, 0.15) is 23.5 Å². The highest BCUT2D eigenvalue weighted by molar-refractivity contribution is 6.31. The summed E-state index contributed by atoms with van der Waals surface area (Å²) < 4.78 is 11.1. The van der Waals surface area contributed by atoms with E-state index < -0.39 is 0 Å². The van der Waals surface area contributed by atoms with Crippen LogP contribution in [-0.2, 0) is 0 Å². The molecular formula is C14H11ClO3. The van der Waals surface area contributed by atoms with Crippen molar-refractivity contribution in [3.05, 3.63) is 41.4 Å². The fourth-order valence-corrected chi connectivity index (χ4v) is 2.15. The Balaban J connectivity index is 2.16. The Morgan fingerprint density at radius 1 is 1.06 bits per heavy atom. The zero-order valence-electron chi connectivity index (χ0n) is 9.52. The number of furan rings is 1. The van der Waals surface area contributed by atoms with E-state index in [4.69, 9.17) is 25.9 Å². The van der Waals surface area contributed by atoms with E-state index in [0.29, 0.717) is 10.8 Å². The molecule has 3 rings (SSSR count). The van der Waals surface area contributed by atoms with Gasteiger partial charge in [-0.1, -0.05) is 11.6 Å². The number of aliphatic hydroxyl groups excluding tert-OH is 1. The second-order valence-corrected chi connectivity index (χ2v) is 4.41. The molecule has 0 fully saturated rings. The molecule has 1 N–H and O–H groups in total. The zero-order chi connectivity index (χ0) is 12.5. The topological polar surface area (TPSA) is 42.6 Å². The average Bonchev–Trinajstić information content (AvgIpc) is 2.72. The number of ether oxygens (including phenoxy) is 1. The van der Waals surface area contributed by atoms with Crippen molar-refractivity contribution < 1.29 is 14.3 Å². The fourth-order valence-electron chi connectivity index (χ4n) is 1.98. The van der Waals surface area contributed by atoms with Gasteiger partial charge in [0, 0.05) is 21.9 Å². The van der Waals surface area contributed by atoms with E-state index >= 15 is 0 Å². The molecule has 0 spiro atoms. The van der Waals surface area contributed by atoms with Crippen LogP contribution in [-0.4, -0.2) is 18.3 Å². The second-order valence-electron chi connectivity index (χ2n) is 3.97. The van der Waals surface area contributed by atoms with Crippen LogP contribution < -0.4 is 4.74 Å². The van der Waals surface area contributed by atoms with Crippen molar-refractivity contribution >= 4 is 33.5 Å². The highest BCUT2D eigenvalue weighted by Crippen LogP contribution is 2.32. The molecule has 0 radical (unpaired) electrons. The molecule has 92 valence electrons. The molecule has 0 saturated heterocycles. The zero-order valence-corrected chi connectivity index (χ0v) is 10.3. The normalized spacial score (nSPS) is 11.2. The van der Waals surface area contributed by atoms with Gasteiger partial charge in [0.15, 0.2) is 0 Å². The van der Waals surface area contributed by atoms with Crippen molar-refractivity contribution in [1.29, 1.82) is 0 Å². The number of hydrogen-bond donors (Lipinski definition) is 1. The lowest BCUT2D eigenvalue weighted by molar-refractivity contribution is 0.201. The minimum Gasteiger partial charge on any atom is -0.491 e. The van der Waals surface area contributed by atoms with E-state index in [1.807, 2.05) is 30.3 Å². The van der Waals surface area contributed by atoms with Gasteiger partial charge < -0.3 is 14.3 Å². The van der Waals surface area contributed by atoms with Crippen LogP contribution in [0.5, 0.6) is 5.75 Å². The first-order valence-corrected chi connectivity index (χ1v) is 6.01. The van der Waals surface area contributed by atoms with E-state index in [9.17, 15) is 0 Å². The van der Waals surface area contributed by atoms with Gasteiger partial charge in [-0.2, -0.15) is 0 Å². The van der Waals surface area contributed by atoms with E-state index in [1.54, 1.807) is 6.07 Å². The standard InChI is InChI=1S/C14H11ClO3/c15-9-1-3-11-12-8-10(17-6-5-16)2-4-13(12)18-14(11)7-9/h1-4,7-8,16H,5-6H2. The van der Waals surface area contributed by atoms with E-state index in [0.717, 1.165) is 21.9 Å². The molecule has 4 heteroatoms. The lowest BCUT2D eigenvalue weighted by atomic mass is 10.1. The molecule has 0 unspecified atom stereocenters. The Morgan fingerprint density at radius 2 is 1.94 bits per heavy atom. The largest absolute Gasteiger partial charge is 0.491 e. The molecule has 3 nitrogen and oxygen atoms in total. The van der Waals surface area contributed by atoms with Gasteiger partial charge in [-0.3, -0.25) is 0 Å².